The SMILES string of the molecule is Cc1cccnc1N(C(=O)c1ccc(Br)cn1)[C@@H]1CCCN(C(=O)O)C1. The van der Waals surface area contributed by atoms with E-state index in [1.807, 2.05) is 19.1 Å². The van der Waals surface area contributed by atoms with Gasteiger partial charge in [-0.3, -0.25) is 9.69 Å². The van der Waals surface area contributed by atoms with Gasteiger partial charge in [0.05, 0.1) is 6.04 Å². The van der Waals surface area contributed by atoms with Crippen LogP contribution in [0, 0.1) is 6.92 Å². The summed E-state index contributed by atoms with van der Waals surface area (Å²) in [5.41, 5.74) is 1.15. The van der Waals surface area contributed by atoms with Gasteiger partial charge >= 0.3 is 6.09 Å². The van der Waals surface area contributed by atoms with Gasteiger partial charge in [0.15, 0.2) is 0 Å². The van der Waals surface area contributed by atoms with Crippen molar-refractivity contribution in [1.82, 2.24) is 14.9 Å². The number of hydrogen-bond donors (Lipinski definition) is 1. The lowest BCUT2D eigenvalue weighted by molar-refractivity contribution is 0.0936. The fourth-order valence-corrected chi connectivity index (χ4v) is 3.36. The molecule has 2 aromatic rings. The van der Waals surface area contributed by atoms with E-state index < -0.39 is 6.09 Å². The van der Waals surface area contributed by atoms with E-state index in [4.69, 9.17) is 0 Å². The number of aryl methyl sites for hydroxylation is 1. The Balaban J connectivity index is 1.99. The number of likely N-dealkylation sites (tertiary alicyclic amines) is 1. The number of carboxylic acid groups (broad SMARTS) is 1. The number of halogens is 1. The van der Waals surface area contributed by atoms with Gasteiger partial charge in [0, 0.05) is 30.0 Å². The molecule has 136 valence electrons. The van der Waals surface area contributed by atoms with Crippen LogP contribution in [0.3, 0.4) is 0 Å². The van der Waals surface area contributed by atoms with Gasteiger partial charge < -0.3 is 10.0 Å². The van der Waals surface area contributed by atoms with E-state index in [2.05, 4.69) is 25.9 Å². The zero-order valence-electron chi connectivity index (χ0n) is 14.3. The van der Waals surface area contributed by atoms with Crippen LogP contribution in [0.4, 0.5) is 10.6 Å². The lowest BCUT2D eigenvalue weighted by Crippen LogP contribution is -2.52. The molecule has 0 aromatic carbocycles. The molecule has 0 unspecified atom stereocenters. The summed E-state index contributed by atoms with van der Waals surface area (Å²) in [5.74, 6) is 0.260. The van der Waals surface area contributed by atoms with E-state index in [9.17, 15) is 14.7 Å². The van der Waals surface area contributed by atoms with E-state index in [1.54, 1.807) is 29.4 Å². The van der Waals surface area contributed by atoms with E-state index >= 15 is 0 Å². The molecule has 1 atom stereocenters. The fourth-order valence-electron chi connectivity index (χ4n) is 3.13. The Labute approximate surface area is 159 Å². The third-order valence-electron chi connectivity index (χ3n) is 4.41. The van der Waals surface area contributed by atoms with Crippen LogP contribution < -0.4 is 4.90 Å². The average molecular weight is 419 g/mol. The molecule has 0 aliphatic carbocycles. The standard InChI is InChI=1S/C18H19BrN4O3/c1-12-4-2-8-20-16(12)23(14-5-3-9-22(11-14)18(25)26)17(24)15-7-6-13(19)10-21-15/h2,4,6-8,10,14H,3,5,9,11H2,1H3,(H,25,26)/t14-/m1/s1. The molecule has 3 rings (SSSR count). The predicted molar refractivity (Wildman–Crippen MR) is 100 cm³/mol. The minimum atomic E-state index is -0.971. The van der Waals surface area contributed by atoms with Crippen molar-refractivity contribution < 1.29 is 14.7 Å². The third-order valence-corrected chi connectivity index (χ3v) is 4.88. The maximum atomic E-state index is 13.2. The topological polar surface area (TPSA) is 86.6 Å². The largest absolute Gasteiger partial charge is 0.465 e. The highest BCUT2D eigenvalue weighted by molar-refractivity contribution is 9.10. The van der Waals surface area contributed by atoms with Gasteiger partial charge in [-0.25, -0.2) is 14.8 Å². The second kappa shape index (κ2) is 7.82. The van der Waals surface area contributed by atoms with Crippen molar-refractivity contribution >= 4 is 33.7 Å². The molecule has 3 heterocycles. The summed E-state index contributed by atoms with van der Waals surface area (Å²) >= 11 is 3.32. The normalized spacial score (nSPS) is 17.0. The minimum Gasteiger partial charge on any atom is -0.465 e. The molecule has 1 N–H and O–H groups in total. The molecule has 2 amide bonds. The van der Waals surface area contributed by atoms with E-state index in [0.717, 1.165) is 10.0 Å². The van der Waals surface area contributed by atoms with Gasteiger partial charge in [-0.2, -0.15) is 0 Å². The average Bonchev–Trinajstić information content (AvgIpc) is 2.64. The Morgan fingerprint density at radius 1 is 1.31 bits per heavy atom. The van der Waals surface area contributed by atoms with Crippen LogP contribution in [0.15, 0.2) is 41.1 Å². The van der Waals surface area contributed by atoms with Crippen LogP contribution in [-0.4, -0.2) is 51.1 Å². The monoisotopic (exact) mass is 418 g/mol. The van der Waals surface area contributed by atoms with Crippen LogP contribution in [0.1, 0.15) is 28.9 Å². The van der Waals surface area contributed by atoms with Crippen LogP contribution in [0.5, 0.6) is 0 Å². The van der Waals surface area contributed by atoms with E-state index in [-0.39, 0.29) is 18.5 Å². The van der Waals surface area contributed by atoms with Crippen molar-refractivity contribution in [3.8, 4) is 0 Å². The number of hydrogen-bond acceptors (Lipinski definition) is 4. The van der Waals surface area contributed by atoms with Crippen LogP contribution in [0.25, 0.3) is 0 Å². The van der Waals surface area contributed by atoms with Crippen molar-refractivity contribution in [2.45, 2.75) is 25.8 Å². The highest BCUT2D eigenvalue weighted by Gasteiger charge is 2.33. The number of anilines is 1. The first-order chi connectivity index (χ1) is 12.5. The second-order valence-electron chi connectivity index (χ2n) is 6.21. The number of carbonyl (C=O) groups is 2. The van der Waals surface area contributed by atoms with Gasteiger partial charge in [0.2, 0.25) is 0 Å². The van der Waals surface area contributed by atoms with Crippen molar-refractivity contribution in [3.05, 3.63) is 52.4 Å². The van der Waals surface area contributed by atoms with Gasteiger partial charge in [0.1, 0.15) is 11.5 Å². The maximum Gasteiger partial charge on any atom is 0.407 e. The number of aromatic nitrogens is 2. The van der Waals surface area contributed by atoms with Gasteiger partial charge in [-0.1, -0.05) is 6.07 Å². The molecule has 0 saturated carbocycles. The zero-order chi connectivity index (χ0) is 18.7. The van der Waals surface area contributed by atoms with Gasteiger partial charge in [-0.05, 0) is 59.5 Å². The number of piperidine rings is 1. The summed E-state index contributed by atoms with van der Waals surface area (Å²) < 4.78 is 0.782. The highest BCUT2D eigenvalue weighted by atomic mass is 79.9. The van der Waals surface area contributed by atoms with Gasteiger partial charge in [0.25, 0.3) is 5.91 Å². The van der Waals surface area contributed by atoms with Crippen molar-refractivity contribution in [3.63, 3.8) is 0 Å². The molecule has 0 radical (unpaired) electrons. The van der Waals surface area contributed by atoms with Crippen LogP contribution in [0.2, 0.25) is 0 Å². The first-order valence-corrected chi connectivity index (χ1v) is 9.11. The summed E-state index contributed by atoms with van der Waals surface area (Å²) in [6, 6.07) is 6.81. The molecular weight excluding hydrogens is 400 g/mol. The van der Waals surface area contributed by atoms with Crippen molar-refractivity contribution in [1.29, 1.82) is 0 Å². The Bertz CT molecular complexity index is 812. The summed E-state index contributed by atoms with van der Waals surface area (Å²) in [5, 5.41) is 9.34. The predicted octanol–water partition coefficient (Wildman–Crippen LogP) is 3.34. The molecule has 7 nitrogen and oxygen atoms in total. The molecule has 0 spiro atoms. The Hall–Kier alpha value is -2.48. The molecule has 1 aliphatic heterocycles. The van der Waals surface area contributed by atoms with Crippen LogP contribution >= 0.6 is 15.9 Å². The number of carbonyl (C=O) groups excluding carboxylic acids is 1. The lowest BCUT2D eigenvalue weighted by Gasteiger charge is -2.38. The quantitative estimate of drug-likeness (QED) is 0.825. The summed E-state index contributed by atoms with van der Waals surface area (Å²) in [6.45, 7) is 2.62. The molecule has 8 heteroatoms. The molecule has 26 heavy (non-hydrogen) atoms. The van der Waals surface area contributed by atoms with E-state index in [0.29, 0.717) is 30.9 Å². The lowest BCUT2D eigenvalue weighted by atomic mass is 10.0. The third kappa shape index (κ3) is 3.85. The maximum absolute atomic E-state index is 13.2. The number of pyridine rings is 2. The smallest absolute Gasteiger partial charge is 0.407 e. The minimum absolute atomic E-state index is 0.258. The molecule has 0 bridgehead atoms. The fraction of sp³-hybridized carbons (Fsp3) is 0.333. The summed E-state index contributed by atoms with van der Waals surface area (Å²) in [4.78, 5) is 36.2. The summed E-state index contributed by atoms with van der Waals surface area (Å²) in [6.07, 6.45) is 3.64. The number of amides is 2. The molecule has 1 fully saturated rings. The van der Waals surface area contributed by atoms with Gasteiger partial charge in [-0.15, -0.1) is 0 Å². The van der Waals surface area contributed by atoms with E-state index in [1.165, 1.54) is 4.90 Å². The summed E-state index contributed by atoms with van der Waals surface area (Å²) in [7, 11) is 0. The Morgan fingerprint density at radius 2 is 2.12 bits per heavy atom. The first kappa shape index (κ1) is 18.3. The van der Waals surface area contributed by atoms with Crippen molar-refractivity contribution in [2.24, 2.45) is 0 Å². The molecule has 1 saturated heterocycles. The first-order valence-electron chi connectivity index (χ1n) is 8.32. The molecule has 1 aliphatic rings. The highest BCUT2D eigenvalue weighted by Crippen LogP contribution is 2.26. The van der Waals surface area contributed by atoms with Crippen LogP contribution in [-0.2, 0) is 0 Å². The Kier molecular flexibility index (Phi) is 5.51. The zero-order valence-corrected chi connectivity index (χ0v) is 15.9. The molecular formula is C18H19BrN4O3. The number of nitrogens with zero attached hydrogens (tertiary/aromatic N) is 4. The van der Waals surface area contributed by atoms with Crippen molar-refractivity contribution in [2.75, 3.05) is 18.0 Å². The molecule has 2 aromatic heterocycles. The number of rotatable bonds is 3. The second-order valence-corrected chi connectivity index (χ2v) is 7.12. The Morgan fingerprint density at radius 3 is 2.77 bits per heavy atom.